The molecule has 4 rings (SSSR count). The van der Waals surface area contributed by atoms with E-state index in [4.69, 9.17) is 0 Å². The first-order valence-electron chi connectivity index (χ1n) is 10.9. The summed E-state index contributed by atoms with van der Waals surface area (Å²) < 4.78 is 25.3. The molecule has 0 saturated carbocycles. The fourth-order valence-corrected chi connectivity index (χ4v) is 5.56. The SMILES string of the molecule is CS(=O)(=O)N1C[C@@H]2CCCC[C@H](NC(=O)c3ccc4ccccc4c3)C(=O)N2[C@H](C(=O)O)C1. The van der Waals surface area contributed by atoms with Crippen LogP contribution in [0.4, 0.5) is 0 Å². The van der Waals surface area contributed by atoms with E-state index in [1.165, 1.54) is 4.90 Å². The number of amides is 2. The van der Waals surface area contributed by atoms with E-state index in [-0.39, 0.29) is 13.1 Å². The summed E-state index contributed by atoms with van der Waals surface area (Å²) in [6.45, 7) is -0.249. The van der Waals surface area contributed by atoms with E-state index < -0.39 is 45.9 Å². The van der Waals surface area contributed by atoms with Crippen LogP contribution in [0.15, 0.2) is 42.5 Å². The van der Waals surface area contributed by atoms with Crippen molar-refractivity contribution in [3.63, 3.8) is 0 Å². The molecule has 9 nitrogen and oxygen atoms in total. The first-order chi connectivity index (χ1) is 15.6. The molecule has 0 radical (unpaired) electrons. The summed E-state index contributed by atoms with van der Waals surface area (Å²) in [5.74, 6) is -2.14. The number of carbonyl (C=O) groups excluding carboxylic acids is 2. The van der Waals surface area contributed by atoms with Gasteiger partial charge in [0.25, 0.3) is 5.91 Å². The molecule has 2 aliphatic rings. The molecule has 2 amide bonds. The molecule has 176 valence electrons. The van der Waals surface area contributed by atoms with Crippen molar-refractivity contribution in [3.8, 4) is 0 Å². The van der Waals surface area contributed by atoms with Crippen LogP contribution in [-0.2, 0) is 19.6 Å². The quantitative estimate of drug-likeness (QED) is 0.693. The van der Waals surface area contributed by atoms with E-state index in [2.05, 4.69) is 5.32 Å². The highest BCUT2D eigenvalue weighted by atomic mass is 32.2. The summed E-state index contributed by atoms with van der Waals surface area (Å²) >= 11 is 0. The van der Waals surface area contributed by atoms with Gasteiger partial charge in [-0.15, -0.1) is 0 Å². The van der Waals surface area contributed by atoms with Gasteiger partial charge in [-0.2, -0.15) is 4.31 Å². The number of nitrogens with zero attached hydrogens (tertiary/aromatic N) is 2. The van der Waals surface area contributed by atoms with E-state index in [0.717, 1.165) is 21.3 Å². The van der Waals surface area contributed by atoms with Gasteiger partial charge in [0.15, 0.2) is 0 Å². The zero-order valence-electron chi connectivity index (χ0n) is 18.3. The number of carboxylic acids is 1. The Bertz CT molecular complexity index is 1200. The number of carboxylic acid groups (broad SMARTS) is 1. The lowest BCUT2D eigenvalue weighted by molar-refractivity contribution is -0.157. The van der Waals surface area contributed by atoms with Gasteiger partial charge in [-0.25, -0.2) is 13.2 Å². The predicted molar refractivity (Wildman–Crippen MR) is 122 cm³/mol. The van der Waals surface area contributed by atoms with Gasteiger partial charge in [0, 0.05) is 24.7 Å². The van der Waals surface area contributed by atoms with Crippen molar-refractivity contribution < 1.29 is 27.9 Å². The van der Waals surface area contributed by atoms with Gasteiger partial charge < -0.3 is 15.3 Å². The average molecular weight is 474 g/mol. The molecule has 2 aromatic rings. The summed E-state index contributed by atoms with van der Waals surface area (Å²) in [5, 5.41) is 14.5. The Kier molecular flexibility index (Phi) is 6.40. The maximum atomic E-state index is 13.5. The molecule has 2 N–H and O–H groups in total. The molecule has 2 fully saturated rings. The lowest BCUT2D eigenvalue weighted by Crippen LogP contribution is -2.67. The van der Waals surface area contributed by atoms with Crippen LogP contribution in [0.5, 0.6) is 0 Å². The van der Waals surface area contributed by atoms with Crippen LogP contribution in [0.1, 0.15) is 36.0 Å². The van der Waals surface area contributed by atoms with E-state index >= 15 is 0 Å². The molecule has 10 heteroatoms. The van der Waals surface area contributed by atoms with Crippen molar-refractivity contribution in [2.24, 2.45) is 0 Å². The number of sulfonamides is 1. The number of carbonyl (C=O) groups is 3. The summed E-state index contributed by atoms with van der Waals surface area (Å²) in [4.78, 5) is 39.7. The highest BCUT2D eigenvalue weighted by Crippen LogP contribution is 2.27. The molecule has 2 aliphatic heterocycles. The monoisotopic (exact) mass is 473 g/mol. The summed E-state index contributed by atoms with van der Waals surface area (Å²) in [6.07, 6.45) is 3.30. The summed E-state index contributed by atoms with van der Waals surface area (Å²) in [5.41, 5.74) is 0.414. The zero-order valence-corrected chi connectivity index (χ0v) is 19.1. The first-order valence-corrected chi connectivity index (χ1v) is 12.8. The number of hydrogen-bond donors (Lipinski definition) is 2. The van der Waals surface area contributed by atoms with Gasteiger partial charge in [0.05, 0.1) is 6.26 Å². The highest BCUT2D eigenvalue weighted by Gasteiger charge is 2.46. The van der Waals surface area contributed by atoms with Gasteiger partial charge in [0.1, 0.15) is 12.1 Å². The first kappa shape index (κ1) is 23.2. The fraction of sp³-hybridized carbons (Fsp3) is 0.435. The minimum atomic E-state index is -3.61. The maximum absolute atomic E-state index is 13.5. The van der Waals surface area contributed by atoms with Crippen molar-refractivity contribution in [1.82, 2.24) is 14.5 Å². The van der Waals surface area contributed by atoms with E-state index in [9.17, 15) is 27.9 Å². The second kappa shape index (κ2) is 9.11. The van der Waals surface area contributed by atoms with Crippen molar-refractivity contribution in [2.75, 3.05) is 19.3 Å². The second-order valence-corrected chi connectivity index (χ2v) is 10.7. The molecule has 0 aromatic heterocycles. The molecule has 2 saturated heterocycles. The minimum absolute atomic E-state index is 0.0553. The van der Waals surface area contributed by atoms with Crippen LogP contribution in [0.25, 0.3) is 10.8 Å². The van der Waals surface area contributed by atoms with Crippen LogP contribution in [0.3, 0.4) is 0 Å². The van der Waals surface area contributed by atoms with E-state index in [0.29, 0.717) is 31.2 Å². The molecule has 2 aromatic carbocycles. The van der Waals surface area contributed by atoms with Crippen LogP contribution < -0.4 is 5.32 Å². The van der Waals surface area contributed by atoms with E-state index in [1.807, 2.05) is 30.3 Å². The third-order valence-corrected chi connectivity index (χ3v) is 7.66. The number of benzene rings is 2. The molecule has 0 spiro atoms. The predicted octanol–water partition coefficient (Wildman–Crippen LogP) is 1.44. The van der Waals surface area contributed by atoms with Crippen LogP contribution in [-0.4, -0.2) is 78.0 Å². The third kappa shape index (κ3) is 4.86. The largest absolute Gasteiger partial charge is 0.480 e. The smallest absolute Gasteiger partial charge is 0.327 e. The van der Waals surface area contributed by atoms with Gasteiger partial charge in [-0.3, -0.25) is 9.59 Å². The molecule has 0 aliphatic carbocycles. The molecule has 2 heterocycles. The van der Waals surface area contributed by atoms with Crippen LogP contribution >= 0.6 is 0 Å². The van der Waals surface area contributed by atoms with Gasteiger partial charge in [-0.1, -0.05) is 43.2 Å². The second-order valence-electron chi connectivity index (χ2n) is 8.71. The number of fused-ring (bicyclic) bond motifs is 2. The van der Waals surface area contributed by atoms with Crippen molar-refractivity contribution in [1.29, 1.82) is 0 Å². The number of hydrogen-bond acceptors (Lipinski definition) is 5. The molecule has 0 unspecified atom stereocenters. The Morgan fingerprint density at radius 1 is 1.03 bits per heavy atom. The van der Waals surface area contributed by atoms with Crippen LogP contribution in [0, 0.1) is 0 Å². The lowest BCUT2D eigenvalue weighted by atomic mass is 9.94. The minimum Gasteiger partial charge on any atom is -0.480 e. The standard InChI is InChI=1S/C23H27N3O6S/c1-33(31,32)25-13-18-8-4-5-9-19(22(28)26(18)20(14-25)23(29)30)24-21(27)17-11-10-15-6-2-3-7-16(15)12-17/h2-3,6-7,10-12,18-20H,4-5,8-9,13-14H2,1H3,(H,24,27)(H,29,30)/t18-,19-,20-/m0/s1. The zero-order chi connectivity index (χ0) is 23.8. The average Bonchev–Trinajstić information content (AvgIpc) is 2.77. The fourth-order valence-electron chi connectivity index (χ4n) is 4.70. The van der Waals surface area contributed by atoms with Gasteiger partial charge in [-0.05, 0) is 35.7 Å². The van der Waals surface area contributed by atoms with Crippen molar-refractivity contribution in [3.05, 3.63) is 48.0 Å². The molecular formula is C23H27N3O6S. The number of nitrogens with one attached hydrogen (secondary N) is 1. The lowest BCUT2D eigenvalue weighted by Gasteiger charge is -2.46. The Labute approximate surface area is 192 Å². The van der Waals surface area contributed by atoms with Crippen LogP contribution in [0.2, 0.25) is 0 Å². The Morgan fingerprint density at radius 3 is 2.42 bits per heavy atom. The number of piperazine rings is 1. The molecule has 0 bridgehead atoms. The Hall–Kier alpha value is -2.98. The van der Waals surface area contributed by atoms with E-state index in [1.54, 1.807) is 12.1 Å². The van der Waals surface area contributed by atoms with Crippen molar-refractivity contribution in [2.45, 2.75) is 43.8 Å². The Morgan fingerprint density at radius 2 is 1.73 bits per heavy atom. The summed E-state index contributed by atoms with van der Waals surface area (Å²) in [6, 6.07) is 10.2. The maximum Gasteiger partial charge on any atom is 0.327 e. The summed E-state index contributed by atoms with van der Waals surface area (Å²) in [7, 11) is -3.61. The molecular weight excluding hydrogens is 446 g/mol. The van der Waals surface area contributed by atoms with Crippen molar-refractivity contribution >= 4 is 38.6 Å². The van der Waals surface area contributed by atoms with Gasteiger partial charge in [0.2, 0.25) is 15.9 Å². The molecule has 33 heavy (non-hydrogen) atoms. The third-order valence-electron chi connectivity index (χ3n) is 6.42. The Balaban J connectivity index is 1.58. The normalized spacial score (nSPS) is 24.6. The number of aliphatic carboxylic acids is 1. The van der Waals surface area contributed by atoms with Gasteiger partial charge >= 0.3 is 5.97 Å². The number of rotatable bonds is 4. The highest BCUT2D eigenvalue weighted by molar-refractivity contribution is 7.88. The topological polar surface area (TPSA) is 124 Å². The molecule has 3 atom stereocenters.